The number of hydrogen-bond donors (Lipinski definition) is 2. The summed E-state index contributed by atoms with van der Waals surface area (Å²) < 4.78 is 11.8. The molecule has 33 heavy (non-hydrogen) atoms. The first-order valence-corrected chi connectivity index (χ1v) is 11.8. The fourth-order valence-electron chi connectivity index (χ4n) is 2.80. The Kier molecular flexibility index (Phi) is 10.5. The molecule has 10 heteroatoms. The molecule has 2 aromatic rings. The number of carbonyl (C=O) groups is 2. The van der Waals surface area contributed by atoms with E-state index in [0.29, 0.717) is 38.7 Å². The van der Waals surface area contributed by atoms with Gasteiger partial charge in [0.1, 0.15) is 6.04 Å². The second-order valence-electron chi connectivity index (χ2n) is 7.44. The molecule has 2 rings (SSSR count). The van der Waals surface area contributed by atoms with Crippen LogP contribution in [0.5, 0.6) is 11.5 Å². The van der Waals surface area contributed by atoms with Crippen molar-refractivity contribution in [2.24, 2.45) is 11.0 Å². The Morgan fingerprint density at radius 1 is 1.18 bits per heavy atom. The minimum absolute atomic E-state index is 0.184. The van der Waals surface area contributed by atoms with E-state index in [1.807, 2.05) is 20.8 Å². The number of ether oxygens (including phenoxy) is 2. The largest absolute Gasteiger partial charge is 0.493 e. The monoisotopic (exact) mass is 557 g/mol. The maximum atomic E-state index is 12.7. The second kappa shape index (κ2) is 12.8. The van der Waals surface area contributed by atoms with Crippen molar-refractivity contribution in [3.05, 3.63) is 56.0 Å². The zero-order valence-corrected chi connectivity index (χ0v) is 21.8. The van der Waals surface area contributed by atoms with Gasteiger partial charge in [0, 0.05) is 5.56 Å². The molecule has 0 aromatic heterocycles. The van der Waals surface area contributed by atoms with Gasteiger partial charge in [-0.05, 0) is 64.2 Å². The Bertz CT molecular complexity index is 1030. The molecule has 0 spiro atoms. The van der Waals surface area contributed by atoms with Gasteiger partial charge in [-0.1, -0.05) is 44.0 Å². The first-order chi connectivity index (χ1) is 15.7. The van der Waals surface area contributed by atoms with E-state index in [1.165, 1.54) is 24.4 Å². The smallest absolute Gasteiger partial charge is 0.262 e. The topological polar surface area (TPSA) is 89.0 Å². The van der Waals surface area contributed by atoms with Crippen LogP contribution in [0, 0.1) is 5.92 Å². The lowest BCUT2D eigenvalue weighted by Crippen LogP contribution is -2.48. The van der Waals surface area contributed by atoms with Gasteiger partial charge in [-0.2, -0.15) is 5.10 Å². The minimum atomic E-state index is -0.810. The standard InChI is InChI=1S/C23H26BrCl2N3O4/c1-5-8-33-21-16(24)9-14(10-19(21)32-4)12-27-29-23(31)20(13(2)3)28-22(30)15-6-7-17(25)18(26)11-15/h6-7,9-13,20H,5,8H2,1-4H3,(H,28,30)(H,29,31)/b27-12-. The van der Waals surface area contributed by atoms with Gasteiger partial charge >= 0.3 is 0 Å². The number of nitrogens with zero attached hydrogens (tertiary/aromatic N) is 1. The molecule has 0 saturated carbocycles. The number of benzene rings is 2. The average Bonchev–Trinajstić information content (AvgIpc) is 2.77. The Balaban J connectivity index is 2.09. The lowest BCUT2D eigenvalue weighted by Gasteiger charge is -2.20. The van der Waals surface area contributed by atoms with E-state index in [1.54, 1.807) is 19.2 Å². The van der Waals surface area contributed by atoms with Crippen molar-refractivity contribution >= 4 is 57.2 Å². The van der Waals surface area contributed by atoms with E-state index in [2.05, 4.69) is 31.8 Å². The SMILES string of the molecule is CCCOc1c(Br)cc(/C=N\NC(=O)C(NC(=O)c2ccc(Cl)c(Cl)c2)C(C)C)cc1OC. The minimum Gasteiger partial charge on any atom is -0.493 e. The van der Waals surface area contributed by atoms with Gasteiger partial charge in [0.05, 0.1) is 34.4 Å². The second-order valence-corrected chi connectivity index (χ2v) is 9.11. The summed E-state index contributed by atoms with van der Waals surface area (Å²) in [6, 6.07) is 7.25. The van der Waals surface area contributed by atoms with Gasteiger partial charge in [0.25, 0.3) is 11.8 Å². The van der Waals surface area contributed by atoms with E-state index in [4.69, 9.17) is 32.7 Å². The number of methoxy groups -OCH3 is 1. The molecule has 0 heterocycles. The Morgan fingerprint density at radius 3 is 2.52 bits per heavy atom. The number of rotatable bonds is 10. The number of carbonyl (C=O) groups excluding carboxylic acids is 2. The quantitative estimate of drug-likeness (QED) is 0.299. The van der Waals surface area contributed by atoms with Crippen LogP contribution in [0.3, 0.4) is 0 Å². The first kappa shape index (κ1) is 27.0. The number of nitrogens with one attached hydrogen (secondary N) is 2. The highest BCUT2D eigenvalue weighted by Gasteiger charge is 2.24. The zero-order chi connectivity index (χ0) is 24.5. The van der Waals surface area contributed by atoms with Crippen molar-refractivity contribution in [2.75, 3.05) is 13.7 Å². The van der Waals surface area contributed by atoms with Gasteiger partial charge in [-0.3, -0.25) is 9.59 Å². The molecule has 2 N–H and O–H groups in total. The molecule has 0 fully saturated rings. The summed E-state index contributed by atoms with van der Waals surface area (Å²) >= 11 is 15.4. The lowest BCUT2D eigenvalue weighted by atomic mass is 10.0. The zero-order valence-electron chi connectivity index (χ0n) is 18.7. The summed E-state index contributed by atoms with van der Waals surface area (Å²) in [5.41, 5.74) is 3.46. The summed E-state index contributed by atoms with van der Waals surface area (Å²) in [7, 11) is 1.55. The Morgan fingerprint density at radius 2 is 1.91 bits per heavy atom. The van der Waals surface area contributed by atoms with E-state index in [-0.39, 0.29) is 10.9 Å². The van der Waals surface area contributed by atoms with Crippen LogP contribution < -0.4 is 20.2 Å². The summed E-state index contributed by atoms with van der Waals surface area (Å²) in [4.78, 5) is 25.3. The molecule has 0 radical (unpaired) electrons. The predicted octanol–water partition coefficient (Wildman–Crippen LogP) is 5.46. The molecule has 0 bridgehead atoms. The van der Waals surface area contributed by atoms with E-state index >= 15 is 0 Å². The number of hydrogen-bond acceptors (Lipinski definition) is 5. The predicted molar refractivity (Wildman–Crippen MR) is 135 cm³/mol. The number of halogens is 3. The van der Waals surface area contributed by atoms with Crippen LogP contribution in [0.15, 0.2) is 39.9 Å². The molecule has 7 nitrogen and oxygen atoms in total. The maximum Gasteiger partial charge on any atom is 0.262 e. The summed E-state index contributed by atoms with van der Waals surface area (Å²) in [6.45, 7) is 6.21. The molecule has 0 saturated heterocycles. The van der Waals surface area contributed by atoms with Crippen LogP contribution >= 0.6 is 39.1 Å². The molecule has 0 aliphatic heterocycles. The third-order valence-electron chi connectivity index (χ3n) is 4.51. The van der Waals surface area contributed by atoms with Crippen LogP contribution in [0.1, 0.15) is 43.1 Å². The van der Waals surface area contributed by atoms with Gasteiger partial charge in [-0.15, -0.1) is 0 Å². The Hall–Kier alpha value is -2.29. The number of amides is 2. The van der Waals surface area contributed by atoms with Crippen LogP contribution in [-0.2, 0) is 4.79 Å². The molecule has 0 aliphatic carbocycles. The van der Waals surface area contributed by atoms with E-state index in [0.717, 1.165) is 6.42 Å². The molecular weight excluding hydrogens is 533 g/mol. The normalized spacial score (nSPS) is 12.0. The molecule has 178 valence electrons. The highest BCUT2D eigenvalue weighted by Crippen LogP contribution is 2.36. The van der Waals surface area contributed by atoms with Gasteiger partial charge in [-0.25, -0.2) is 5.43 Å². The fraction of sp³-hybridized carbons (Fsp3) is 0.348. The maximum absolute atomic E-state index is 12.7. The van der Waals surface area contributed by atoms with Crippen LogP contribution in [0.2, 0.25) is 10.0 Å². The number of hydrazone groups is 1. The molecule has 1 atom stereocenters. The molecule has 2 amide bonds. The Labute approximate surface area is 211 Å². The van der Waals surface area contributed by atoms with Crippen molar-refractivity contribution in [1.82, 2.24) is 10.7 Å². The van der Waals surface area contributed by atoms with Crippen molar-refractivity contribution in [3.8, 4) is 11.5 Å². The summed E-state index contributed by atoms with van der Waals surface area (Å²) in [5.74, 6) is 0.0625. The molecule has 1 unspecified atom stereocenters. The van der Waals surface area contributed by atoms with Crippen LogP contribution in [0.25, 0.3) is 0 Å². The molecular formula is C23H26BrCl2N3O4. The molecule has 0 aliphatic rings. The van der Waals surface area contributed by atoms with Gasteiger partial charge in [0.2, 0.25) is 0 Å². The van der Waals surface area contributed by atoms with Crippen molar-refractivity contribution in [1.29, 1.82) is 0 Å². The lowest BCUT2D eigenvalue weighted by molar-refractivity contribution is -0.123. The highest BCUT2D eigenvalue weighted by atomic mass is 79.9. The van der Waals surface area contributed by atoms with Crippen molar-refractivity contribution in [2.45, 2.75) is 33.2 Å². The highest BCUT2D eigenvalue weighted by molar-refractivity contribution is 9.10. The van der Waals surface area contributed by atoms with Crippen molar-refractivity contribution in [3.63, 3.8) is 0 Å². The average molecular weight is 559 g/mol. The van der Waals surface area contributed by atoms with Crippen molar-refractivity contribution < 1.29 is 19.1 Å². The van der Waals surface area contributed by atoms with Gasteiger partial charge < -0.3 is 14.8 Å². The van der Waals surface area contributed by atoms with E-state index < -0.39 is 17.9 Å². The van der Waals surface area contributed by atoms with Crippen LogP contribution in [0.4, 0.5) is 0 Å². The van der Waals surface area contributed by atoms with E-state index in [9.17, 15) is 9.59 Å². The van der Waals surface area contributed by atoms with Crippen LogP contribution in [-0.4, -0.2) is 37.8 Å². The first-order valence-electron chi connectivity index (χ1n) is 10.3. The fourth-order valence-corrected chi connectivity index (χ4v) is 3.67. The molecule has 2 aromatic carbocycles. The summed E-state index contributed by atoms with van der Waals surface area (Å²) in [5, 5.41) is 7.34. The van der Waals surface area contributed by atoms with Gasteiger partial charge in [0.15, 0.2) is 11.5 Å². The summed E-state index contributed by atoms with van der Waals surface area (Å²) in [6.07, 6.45) is 2.34. The third-order valence-corrected chi connectivity index (χ3v) is 5.84. The third kappa shape index (κ3) is 7.62.